The lowest BCUT2D eigenvalue weighted by molar-refractivity contribution is -0.117. The third-order valence-electron chi connectivity index (χ3n) is 7.88. The number of aliphatic hydroxyl groups excluding tert-OH is 1. The van der Waals surface area contributed by atoms with Gasteiger partial charge in [0.15, 0.2) is 5.82 Å². The highest BCUT2D eigenvalue weighted by Crippen LogP contribution is 2.54. The number of aromatic nitrogens is 4. The van der Waals surface area contributed by atoms with Crippen molar-refractivity contribution in [3.05, 3.63) is 66.1 Å². The van der Waals surface area contributed by atoms with E-state index >= 15 is 4.39 Å². The summed E-state index contributed by atoms with van der Waals surface area (Å²) in [6.07, 6.45) is 8.42. The second-order valence-corrected chi connectivity index (χ2v) is 10.5. The largest absolute Gasteiger partial charge is 0.396 e. The lowest BCUT2D eigenvalue weighted by Gasteiger charge is -2.35. The predicted octanol–water partition coefficient (Wildman–Crippen LogP) is 3.19. The van der Waals surface area contributed by atoms with Crippen molar-refractivity contribution in [2.24, 2.45) is 11.8 Å². The van der Waals surface area contributed by atoms with E-state index < -0.39 is 5.82 Å². The molecule has 1 saturated heterocycles. The van der Waals surface area contributed by atoms with Crippen LogP contribution in [0.4, 0.5) is 15.9 Å². The molecular formula is C28H30FN7O2. The Morgan fingerprint density at radius 2 is 2.03 bits per heavy atom. The van der Waals surface area contributed by atoms with E-state index in [1.54, 1.807) is 24.5 Å². The molecule has 4 N–H and O–H groups in total. The lowest BCUT2D eigenvalue weighted by atomic mass is 9.98. The molecule has 3 atom stereocenters. The summed E-state index contributed by atoms with van der Waals surface area (Å²) in [6.45, 7) is 6.97. The van der Waals surface area contributed by atoms with Crippen LogP contribution in [0.5, 0.6) is 0 Å². The van der Waals surface area contributed by atoms with Gasteiger partial charge in [0, 0.05) is 72.8 Å². The summed E-state index contributed by atoms with van der Waals surface area (Å²) in [5.74, 6) is -0.112. The fourth-order valence-corrected chi connectivity index (χ4v) is 5.54. The number of nitrogens with zero attached hydrogens (tertiary/aromatic N) is 5. The highest BCUT2D eigenvalue weighted by Gasteiger charge is 2.53. The van der Waals surface area contributed by atoms with Gasteiger partial charge in [0.1, 0.15) is 5.82 Å². The van der Waals surface area contributed by atoms with Gasteiger partial charge in [-0.15, -0.1) is 0 Å². The van der Waals surface area contributed by atoms with Crippen LogP contribution in [0.25, 0.3) is 21.9 Å². The Morgan fingerprint density at radius 3 is 2.79 bits per heavy atom. The van der Waals surface area contributed by atoms with Crippen molar-refractivity contribution in [1.29, 1.82) is 0 Å². The van der Waals surface area contributed by atoms with Crippen LogP contribution in [0.1, 0.15) is 24.0 Å². The van der Waals surface area contributed by atoms with Gasteiger partial charge in [-0.1, -0.05) is 6.92 Å². The molecule has 1 aliphatic heterocycles. The van der Waals surface area contributed by atoms with Crippen LogP contribution in [0.2, 0.25) is 0 Å². The van der Waals surface area contributed by atoms with Crippen LogP contribution >= 0.6 is 0 Å². The van der Waals surface area contributed by atoms with E-state index in [1.165, 1.54) is 6.20 Å². The first-order chi connectivity index (χ1) is 18.3. The zero-order valence-electron chi connectivity index (χ0n) is 21.3. The number of halogens is 1. The number of carbonyl (C=O) groups excluding carboxylic acids is 1. The summed E-state index contributed by atoms with van der Waals surface area (Å²) in [7, 11) is 0. The third-order valence-corrected chi connectivity index (χ3v) is 7.88. The lowest BCUT2D eigenvalue weighted by Crippen LogP contribution is -2.51. The number of aryl methyl sites for hydroxylation is 1. The van der Waals surface area contributed by atoms with E-state index in [0.29, 0.717) is 40.8 Å². The maximum absolute atomic E-state index is 15.1. The van der Waals surface area contributed by atoms with E-state index in [4.69, 9.17) is 5.73 Å². The molecule has 0 radical (unpaired) electrons. The molecule has 3 aromatic heterocycles. The van der Waals surface area contributed by atoms with Crippen molar-refractivity contribution in [3.63, 3.8) is 0 Å². The summed E-state index contributed by atoms with van der Waals surface area (Å²) < 4.78 is 17.0. The number of benzene rings is 1. The first-order valence-electron chi connectivity index (χ1n) is 12.8. The van der Waals surface area contributed by atoms with Crippen molar-refractivity contribution in [1.82, 2.24) is 24.6 Å². The first-order valence-corrected chi connectivity index (χ1v) is 12.8. The highest BCUT2D eigenvalue weighted by molar-refractivity contribution is 6.00. The number of β-amino-alcohol motifs (C(OH)–C–C–N with tert-alkyl or cyclic N) is 1. The number of anilines is 2. The van der Waals surface area contributed by atoms with Crippen molar-refractivity contribution < 1.29 is 14.3 Å². The SMILES string of the molecule is Cc1ccncc1-c1cc2cc(NC(=O)C3C(C)C3c3cnn(CCN4CC(O)C4)c3)ncc2c(N)c1F. The molecule has 2 fully saturated rings. The number of pyridine rings is 2. The quantitative estimate of drug-likeness (QED) is 0.323. The fourth-order valence-electron chi connectivity index (χ4n) is 5.54. The van der Waals surface area contributed by atoms with Gasteiger partial charge in [-0.2, -0.15) is 5.10 Å². The van der Waals surface area contributed by atoms with Gasteiger partial charge in [0.2, 0.25) is 5.91 Å². The summed E-state index contributed by atoms with van der Waals surface area (Å²) in [5.41, 5.74) is 9.11. The summed E-state index contributed by atoms with van der Waals surface area (Å²) in [4.78, 5) is 23.8. The maximum atomic E-state index is 15.1. The number of hydrogen-bond donors (Lipinski definition) is 3. The maximum Gasteiger partial charge on any atom is 0.229 e. The van der Waals surface area contributed by atoms with Crippen LogP contribution in [0, 0.1) is 24.6 Å². The minimum absolute atomic E-state index is 0.0179. The van der Waals surface area contributed by atoms with Crippen molar-refractivity contribution >= 4 is 28.2 Å². The summed E-state index contributed by atoms with van der Waals surface area (Å²) in [5, 5.41) is 18.0. The number of nitrogen functional groups attached to an aromatic ring is 1. The molecule has 4 aromatic rings. The number of hydrogen-bond acceptors (Lipinski definition) is 7. The number of amides is 1. The molecule has 1 amide bonds. The molecular weight excluding hydrogens is 485 g/mol. The average Bonchev–Trinajstić information content (AvgIpc) is 3.33. The standard InChI is InChI=1S/C28H30FN7O2/c1-15-3-4-31-10-21(15)20-7-17-8-23(32-11-22(17)27(30)26(20)29)34-28(38)25-16(2)24(25)18-9-33-36(12-18)6-5-35-13-19(37)14-35/h3-4,7-12,16,19,24-25,37H,5-6,13-14,30H2,1-2H3,(H,32,34,38). The molecule has 2 aliphatic rings. The molecule has 38 heavy (non-hydrogen) atoms. The number of nitrogens with one attached hydrogen (secondary N) is 1. The molecule has 196 valence electrons. The molecule has 6 rings (SSSR count). The van der Waals surface area contributed by atoms with Crippen molar-refractivity contribution in [2.75, 3.05) is 30.7 Å². The van der Waals surface area contributed by atoms with Crippen molar-refractivity contribution in [2.45, 2.75) is 32.4 Å². The Morgan fingerprint density at radius 1 is 1.21 bits per heavy atom. The fraction of sp³-hybridized carbons (Fsp3) is 0.357. The van der Waals surface area contributed by atoms with E-state index in [0.717, 1.165) is 24.2 Å². The number of nitrogens with two attached hydrogens (primary N) is 1. The minimum atomic E-state index is -0.509. The van der Waals surface area contributed by atoms with Gasteiger partial charge in [0.05, 0.1) is 24.5 Å². The van der Waals surface area contributed by atoms with E-state index in [-0.39, 0.29) is 35.5 Å². The Balaban J connectivity index is 1.17. The first kappa shape index (κ1) is 24.4. The minimum Gasteiger partial charge on any atom is -0.396 e. The second-order valence-electron chi connectivity index (χ2n) is 10.5. The number of aliphatic hydroxyl groups is 1. The zero-order chi connectivity index (χ0) is 26.6. The topological polar surface area (TPSA) is 122 Å². The summed E-state index contributed by atoms with van der Waals surface area (Å²) >= 11 is 0. The van der Waals surface area contributed by atoms with Crippen LogP contribution < -0.4 is 11.1 Å². The van der Waals surface area contributed by atoms with Crippen molar-refractivity contribution in [3.8, 4) is 11.1 Å². The Hall–Kier alpha value is -3.89. The highest BCUT2D eigenvalue weighted by atomic mass is 19.1. The molecule has 3 unspecified atom stereocenters. The number of fused-ring (bicyclic) bond motifs is 1. The van der Waals surface area contributed by atoms with Gasteiger partial charge in [-0.25, -0.2) is 9.37 Å². The molecule has 9 nitrogen and oxygen atoms in total. The van der Waals surface area contributed by atoms with Crippen LogP contribution in [0.15, 0.2) is 49.2 Å². The van der Waals surface area contributed by atoms with Gasteiger partial charge in [-0.05, 0) is 47.6 Å². The van der Waals surface area contributed by atoms with Crippen LogP contribution in [0.3, 0.4) is 0 Å². The average molecular weight is 516 g/mol. The van der Waals surface area contributed by atoms with Crippen LogP contribution in [-0.4, -0.2) is 61.4 Å². The van der Waals surface area contributed by atoms with Gasteiger partial charge < -0.3 is 16.2 Å². The molecule has 0 bridgehead atoms. The molecule has 4 heterocycles. The molecule has 1 aliphatic carbocycles. The molecule has 0 spiro atoms. The van der Waals surface area contributed by atoms with Gasteiger partial charge >= 0.3 is 0 Å². The Kier molecular flexibility index (Phi) is 6.08. The number of likely N-dealkylation sites (tertiary alicyclic amines) is 1. The third kappa shape index (κ3) is 4.39. The smallest absolute Gasteiger partial charge is 0.229 e. The van der Waals surface area contributed by atoms with Gasteiger partial charge in [0.25, 0.3) is 0 Å². The normalized spacial score (nSPS) is 21.4. The molecule has 1 saturated carbocycles. The Bertz CT molecular complexity index is 1530. The summed E-state index contributed by atoms with van der Waals surface area (Å²) in [6, 6.07) is 5.27. The molecule has 1 aromatic carbocycles. The predicted molar refractivity (Wildman–Crippen MR) is 143 cm³/mol. The zero-order valence-corrected chi connectivity index (χ0v) is 21.3. The second kappa shape index (κ2) is 9.45. The number of rotatable bonds is 7. The van der Waals surface area contributed by atoms with Gasteiger partial charge in [-0.3, -0.25) is 19.4 Å². The van der Waals surface area contributed by atoms with E-state index in [1.807, 2.05) is 30.1 Å². The van der Waals surface area contributed by atoms with E-state index in [2.05, 4.69) is 32.2 Å². The monoisotopic (exact) mass is 515 g/mol. The molecule has 10 heteroatoms. The van der Waals surface area contributed by atoms with E-state index in [9.17, 15) is 9.90 Å². The van der Waals surface area contributed by atoms with Crippen LogP contribution in [-0.2, 0) is 11.3 Å². The Labute approximate surface area is 219 Å². The number of carbonyl (C=O) groups is 1.